The summed E-state index contributed by atoms with van der Waals surface area (Å²) in [7, 11) is 0. The molecular weight excluding hydrogens is 334 g/mol. The van der Waals surface area contributed by atoms with Gasteiger partial charge in [-0.25, -0.2) is 4.98 Å². The van der Waals surface area contributed by atoms with Gasteiger partial charge in [-0.05, 0) is 11.5 Å². The van der Waals surface area contributed by atoms with E-state index in [1.807, 2.05) is 18.2 Å². The Labute approximate surface area is 151 Å². The smallest absolute Gasteiger partial charge is 0.288 e. The SMILES string of the molecule is CC1CN(Cc2ccccc2)CC1Nc1ncc([N+](=O)[O-])cc1C(N)=O. The number of nitro groups is 1. The summed E-state index contributed by atoms with van der Waals surface area (Å²) in [6.07, 6.45) is 1.14. The molecule has 1 saturated heterocycles. The number of nitrogens with two attached hydrogens (primary N) is 1. The molecule has 8 heteroatoms. The minimum absolute atomic E-state index is 0.0351. The number of hydrogen-bond acceptors (Lipinski definition) is 6. The molecule has 1 amide bonds. The number of carbonyl (C=O) groups excluding carboxylic acids is 1. The number of nitrogens with zero attached hydrogens (tertiary/aromatic N) is 3. The molecule has 0 aliphatic carbocycles. The zero-order valence-corrected chi connectivity index (χ0v) is 14.5. The first-order valence-corrected chi connectivity index (χ1v) is 8.41. The van der Waals surface area contributed by atoms with Gasteiger partial charge in [-0.2, -0.15) is 0 Å². The molecule has 2 heterocycles. The van der Waals surface area contributed by atoms with Gasteiger partial charge in [-0.15, -0.1) is 0 Å². The molecule has 2 unspecified atom stereocenters. The number of benzene rings is 1. The monoisotopic (exact) mass is 355 g/mol. The standard InChI is InChI=1S/C18H21N5O3/c1-12-9-22(10-13-5-3-2-4-6-13)11-16(12)21-18-15(17(19)24)7-14(8-20-18)23(25)26/h2-8,12,16H,9-11H2,1H3,(H2,19,24)(H,20,21). The van der Waals surface area contributed by atoms with Gasteiger partial charge in [0.2, 0.25) is 0 Å². The molecule has 26 heavy (non-hydrogen) atoms. The Hall–Kier alpha value is -3.00. The van der Waals surface area contributed by atoms with Crippen LogP contribution < -0.4 is 11.1 Å². The van der Waals surface area contributed by atoms with Crippen LogP contribution in [0.25, 0.3) is 0 Å². The maximum Gasteiger partial charge on any atom is 0.288 e. The van der Waals surface area contributed by atoms with Gasteiger partial charge in [0.25, 0.3) is 11.6 Å². The lowest BCUT2D eigenvalue weighted by Gasteiger charge is -2.19. The summed E-state index contributed by atoms with van der Waals surface area (Å²) in [5, 5.41) is 14.1. The number of pyridine rings is 1. The van der Waals surface area contributed by atoms with Crippen molar-refractivity contribution in [2.75, 3.05) is 18.4 Å². The predicted molar refractivity (Wildman–Crippen MR) is 97.7 cm³/mol. The Morgan fingerprint density at radius 2 is 2.12 bits per heavy atom. The van der Waals surface area contributed by atoms with Crippen LogP contribution in [0.1, 0.15) is 22.8 Å². The highest BCUT2D eigenvalue weighted by Crippen LogP contribution is 2.25. The van der Waals surface area contributed by atoms with Crippen molar-refractivity contribution >= 4 is 17.4 Å². The molecule has 1 aromatic heterocycles. The topological polar surface area (TPSA) is 114 Å². The fourth-order valence-electron chi connectivity index (χ4n) is 3.26. The summed E-state index contributed by atoms with van der Waals surface area (Å²) in [6.45, 7) is 4.66. The molecule has 0 saturated carbocycles. The molecular formula is C18H21N5O3. The second-order valence-electron chi connectivity index (χ2n) is 6.62. The molecule has 1 fully saturated rings. The van der Waals surface area contributed by atoms with Crippen LogP contribution >= 0.6 is 0 Å². The van der Waals surface area contributed by atoms with Crippen molar-refractivity contribution in [3.63, 3.8) is 0 Å². The van der Waals surface area contributed by atoms with Crippen LogP contribution in [0.2, 0.25) is 0 Å². The summed E-state index contributed by atoms with van der Waals surface area (Å²) in [4.78, 5) is 28.3. The van der Waals surface area contributed by atoms with E-state index >= 15 is 0 Å². The number of hydrogen-bond donors (Lipinski definition) is 2. The summed E-state index contributed by atoms with van der Waals surface area (Å²) in [5.41, 5.74) is 6.39. The van der Waals surface area contributed by atoms with Crippen molar-refractivity contribution in [3.05, 3.63) is 63.8 Å². The molecule has 2 atom stereocenters. The average Bonchev–Trinajstić information content (AvgIpc) is 2.94. The van der Waals surface area contributed by atoms with Gasteiger partial charge < -0.3 is 11.1 Å². The lowest BCUT2D eigenvalue weighted by atomic mass is 10.1. The largest absolute Gasteiger partial charge is 0.365 e. The summed E-state index contributed by atoms with van der Waals surface area (Å²) >= 11 is 0. The number of likely N-dealkylation sites (tertiary alicyclic amines) is 1. The predicted octanol–water partition coefficient (Wildman–Crippen LogP) is 2.02. The molecule has 0 spiro atoms. The first-order chi connectivity index (χ1) is 12.4. The van der Waals surface area contributed by atoms with E-state index in [-0.39, 0.29) is 17.3 Å². The van der Waals surface area contributed by atoms with E-state index in [1.165, 1.54) is 11.6 Å². The lowest BCUT2D eigenvalue weighted by Crippen LogP contribution is -2.30. The summed E-state index contributed by atoms with van der Waals surface area (Å²) in [6, 6.07) is 11.5. The highest BCUT2D eigenvalue weighted by Gasteiger charge is 2.30. The Balaban J connectivity index is 1.72. The highest BCUT2D eigenvalue weighted by atomic mass is 16.6. The van der Waals surface area contributed by atoms with Crippen molar-refractivity contribution in [1.29, 1.82) is 0 Å². The molecule has 3 N–H and O–H groups in total. The summed E-state index contributed by atoms with van der Waals surface area (Å²) in [5.74, 6) is -0.117. The van der Waals surface area contributed by atoms with Gasteiger partial charge in [-0.3, -0.25) is 19.8 Å². The van der Waals surface area contributed by atoms with Crippen molar-refractivity contribution in [2.45, 2.75) is 19.5 Å². The van der Waals surface area contributed by atoms with E-state index in [1.54, 1.807) is 0 Å². The number of aromatic nitrogens is 1. The number of amides is 1. The normalized spacial score (nSPS) is 20.0. The Morgan fingerprint density at radius 1 is 1.38 bits per heavy atom. The third kappa shape index (κ3) is 3.97. The van der Waals surface area contributed by atoms with Gasteiger partial charge >= 0.3 is 0 Å². The summed E-state index contributed by atoms with van der Waals surface area (Å²) < 4.78 is 0. The van der Waals surface area contributed by atoms with Crippen LogP contribution in [0.5, 0.6) is 0 Å². The molecule has 0 bridgehead atoms. The van der Waals surface area contributed by atoms with Crippen molar-refractivity contribution in [2.24, 2.45) is 11.7 Å². The Bertz CT molecular complexity index is 812. The first kappa shape index (κ1) is 17.8. The van der Waals surface area contributed by atoms with E-state index < -0.39 is 10.8 Å². The molecule has 136 valence electrons. The van der Waals surface area contributed by atoms with E-state index in [4.69, 9.17) is 5.73 Å². The third-order valence-electron chi connectivity index (χ3n) is 4.61. The van der Waals surface area contributed by atoms with Crippen LogP contribution in [0.15, 0.2) is 42.6 Å². The number of carbonyl (C=O) groups is 1. The maximum absolute atomic E-state index is 11.7. The second-order valence-corrected chi connectivity index (χ2v) is 6.62. The molecule has 1 aliphatic rings. The van der Waals surface area contributed by atoms with E-state index in [0.717, 1.165) is 25.8 Å². The van der Waals surface area contributed by atoms with Gasteiger partial charge in [0.05, 0.1) is 10.5 Å². The van der Waals surface area contributed by atoms with Crippen molar-refractivity contribution in [3.8, 4) is 0 Å². The molecule has 1 aromatic carbocycles. The molecule has 0 radical (unpaired) electrons. The van der Waals surface area contributed by atoms with E-state index in [2.05, 4.69) is 34.3 Å². The fraction of sp³-hybridized carbons (Fsp3) is 0.333. The number of anilines is 1. The lowest BCUT2D eigenvalue weighted by molar-refractivity contribution is -0.385. The van der Waals surface area contributed by atoms with Crippen LogP contribution in [-0.2, 0) is 6.54 Å². The zero-order valence-electron chi connectivity index (χ0n) is 14.5. The van der Waals surface area contributed by atoms with Crippen LogP contribution in [0.4, 0.5) is 11.5 Å². The van der Waals surface area contributed by atoms with E-state index in [9.17, 15) is 14.9 Å². The van der Waals surface area contributed by atoms with Crippen LogP contribution in [0.3, 0.4) is 0 Å². The first-order valence-electron chi connectivity index (χ1n) is 8.41. The minimum Gasteiger partial charge on any atom is -0.365 e. The van der Waals surface area contributed by atoms with Gasteiger partial charge in [0.1, 0.15) is 12.0 Å². The van der Waals surface area contributed by atoms with Gasteiger partial charge in [0.15, 0.2) is 0 Å². The van der Waals surface area contributed by atoms with Crippen molar-refractivity contribution in [1.82, 2.24) is 9.88 Å². The molecule has 1 aliphatic heterocycles. The average molecular weight is 355 g/mol. The number of primary amides is 1. The Morgan fingerprint density at radius 3 is 2.77 bits per heavy atom. The van der Waals surface area contributed by atoms with E-state index in [0.29, 0.717) is 11.7 Å². The molecule has 8 nitrogen and oxygen atoms in total. The third-order valence-corrected chi connectivity index (χ3v) is 4.61. The molecule has 3 rings (SSSR count). The van der Waals surface area contributed by atoms with Crippen LogP contribution in [-0.4, -0.2) is 39.8 Å². The quantitative estimate of drug-likeness (QED) is 0.605. The van der Waals surface area contributed by atoms with Crippen LogP contribution in [0, 0.1) is 16.0 Å². The zero-order chi connectivity index (χ0) is 18.7. The minimum atomic E-state index is -0.740. The van der Waals surface area contributed by atoms with Gasteiger partial charge in [-0.1, -0.05) is 37.3 Å². The van der Waals surface area contributed by atoms with Gasteiger partial charge in [0, 0.05) is 31.7 Å². The number of rotatable bonds is 6. The fourth-order valence-corrected chi connectivity index (χ4v) is 3.26. The molecule has 2 aromatic rings. The highest BCUT2D eigenvalue weighted by molar-refractivity contribution is 5.98. The Kier molecular flexibility index (Phi) is 5.13. The second kappa shape index (κ2) is 7.49. The van der Waals surface area contributed by atoms with Crippen molar-refractivity contribution < 1.29 is 9.72 Å². The maximum atomic E-state index is 11.7. The number of nitrogens with one attached hydrogen (secondary N) is 1.